The summed E-state index contributed by atoms with van der Waals surface area (Å²) in [4.78, 5) is 15.1. The Morgan fingerprint density at radius 1 is 1.28 bits per heavy atom. The van der Waals surface area contributed by atoms with Gasteiger partial charge in [-0.25, -0.2) is 4.79 Å². The van der Waals surface area contributed by atoms with Gasteiger partial charge in [-0.1, -0.05) is 12.1 Å². The lowest BCUT2D eigenvalue weighted by Crippen LogP contribution is -2.60. The molecule has 1 aromatic carbocycles. The molecular formula is C20H25N3O2. The Morgan fingerprint density at radius 3 is 2.88 bits per heavy atom. The third-order valence-electron chi connectivity index (χ3n) is 5.69. The molecule has 0 aliphatic carbocycles. The summed E-state index contributed by atoms with van der Waals surface area (Å²) in [5.74, 6) is 1.42. The first-order valence-corrected chi connectivity index (χ1v) is 9.01. The number of amides is 1. The van der Waals surface area contributed by atoms with Crippen LogP contribution in [0.3, 0.4) is 0 Å². The largest absolute Gasteiger partial charge is 0.497 e. The van der Waals surface area contributed by atoms with Gasteiger partial charge in [-0.3, -0.25) is 9.47 Å². The van der Waals surface area contributed by atoms with Gasteiger partial charge in [0.1, 0.15) is 5.75 Å². The molecule has 3 aliphatic rings. The van der Waals surface area contributed by atoms with Crippen molar-refractivity contribution in [1.82, 2.24) is 14.8 Å². The lowest BCUT2D eigenvalue weighted by molar-refractivity contribution is 0.0322. The van der Waals surface area contributed by atoms with E-state index in [2.05, 4.69) is 17.1 Å². The molecule has 0 saturated carbocycles. The molecule has 1 N–H and O–H groups in total. The van der Waals surface area contributed by atoms with E-state index in [4.69, 9.17) is 4.74 Å². The minimum atomic E-state index is -0.0412. The van der Waals surface area contributed by atoms with Gasteiger partial charge in [0.15, 0.2) is 0 Å². The molecule has 132 valence electrons. The van der Waals surface area contributed by atoms with Gasteiger partial charge in [0.05, 0.1) is 7.11 Å². The first kappa shape index (κ1) is 16.2. The maximum atomic E-state index is 12.6. The molecule has 3 aliphatic heterocycles. The first-order valence-electron chi connectivity index (χ1n) is 9.01. The highest BCUT2D eigenvalue weighted by Crippen LogP contribution is 2.32. The molecule has 25 heavy (non-hydrogen) atoms. The number of rotatable bonds is 3. The van der Waals surface area contributed by atoms with E-state index in [-0.39, 0.29) is 12.1 Å². The highest BCUT2D eigenvalue weighted by Gasteiger charge is 2.38. The molecule has 2 bridgehead atoms. The van der Waals surface area contributed by atoms with E-state index >= 15 is 0 Å². The summed E-state index contributed by atoms with van der Waals surface area (Å²) in [6, 6.07) is 10.7. The predicted molar refractivity (Wildman–Crippen MR) is 97.9 cm³/mol. The van der Waals surface area contributed by atoms with Crippen LogP contribution in [-0.4, -0.2) is 47.8 Å². The van der Waals surface area contributed by atoms with Crippen LogP contribution in [0, 0.1) is 5.92 Å². The molecule has 3 saturated heterocycles. The molecule has 1 aromatic heterocycles. The smallest absolute Gasteiger partial charge is 0.325 e. The average Bonchev–Trinajstić information content (AvgIpc) is 3.13. The fraction of sp³-hybridized carbons (Fsp3) is 0.450. The lowest BCUT2D eigenvalue weighted by Gasteiger charge is -2.48. The molecule has 3 unspecified atom stereocenters. The molecule has 0 radical (unpaired) electrons. The maximum absolute atomic E-state index is 12.6. The van der Waals surface area contributed by atoms with E-state index in [1.54, 1.807) is 11.7 Å². The van der Waals surface area contributed by atoms with Crippen LogP contribution in [0.2, 0.25) is 0 Å². The molecule has 2 aromatic rings. The minimum absolute atomic E-state index is 0.0412. The Morgan fingerprint density at radius 2 is 2.16 bits per heavy atom. The molecular weight excluding hydrogens is 314 g/mol. The van der Waals surface area contributed by atoms with Crippen molar-refractivity contribution in [2.24, 2.45) is 5.92 Å². The lowest BCUT2D eigenvalue weighted by atomic mass is 9.80. The number of piperidine rings is 3. The normalized spacial score (nSPS) is 27.9. The van der Waals surface area contributed by atoms with Gasteiger partial charge in [-0.2, -0.15) is 0 Å². The summed E-state index contributed by atoms with van der Waals surface area (Å²) < 4.78 is 6.93. The predicted octanol–water partition coefficient (Wildman–Crippen LogP) is 3.20. The van der Waals surface area contributed by atoms with Crippen molar-refractivity contribution in [3.63, 3.8) is 0 Å². The third-order valence-corrected chi connectivity index (χ3v) is 5.69. The molecule has 3 fully saturated rings. The number of carbonyl (C=O) groups excluding carboxylic acids is 1. The fourth-order valence-electron chi connectivity index (χ4n) is 4.19. The quantitative estimate of drug-likeness (QED) is 0.934. The standard InChI is InChI=1S/C20H25N3O2/c1-14-10-16-6-8-22(14)13-19(16)21-20(24)23-9-7-17(12-23)15-4-3-5-18(11-15)25-2/h3-5,7,9,11-12,14,16,19H,6,8,10,13H2,1-2H3,(H,21,24)/t14?,16?,19-/m0/s1. The number of aromatic nitrogens is 1. The molecule has 5 rings (SSSR count). The van der Waals surface area contributed by atoms with Gasteiger partial charge in [0.2, 0.25) is 0 Å². The summed E-state index contributed by atoms with van der Waals surface area (Å²) >= 11 is 0. The van der Waals surface area contributed by atoms with E-state index < -0.39 is 0 Å². The van der Waals surface area contributed by atoms with Crippen molar-refractivity contribution in [3.8, 4) is 16.9 Å². The van der Waals surface area contributed by atoms with E-state index in [1.807, 2.05) is 42.7 Å². The van der Waals surface area contributed by atoms with Crippen LogP contribution < -0.4 is 10.1 Å². The number of nitrogens with one attached hydrogen (secondary N) is 1. The van der Waals surface area contributed by atoms with Gasteiger partial charge < -0.3 is 10.1 Å². The van der Waals surface area contributed by atoms with Crippen LogP contribution in [0.15, 0.2) is 42.7 Å². The Labute approximate surface area is 148 Å². The summed E-state index contributed by atoms with van der Waals surface area (Å²) in [5, 5.41) is 3.23. The van der Waals surface area contributed by atoms with Crippen LogP contribution >= 0.6 is 0 Å². The maximum Gasteiger partial charge on any atom is 0.325 e. The van der Waals surface area contributed by atoms with Gasteiger partial charge in [0, 0.05) is 36.6 Å². The molecule has 5 heteroatoms. The summed E-state index contributed by atoms with van der Waals surface area (Å²) in [6.07, 6.45) is 6.09. The van der Waals surface area contributed by atoms with E-state index in [0.29, 0.717) is 12.0 Å². The number of nitrogens with zero attached hydrogens (tertiary/aromatic N) is 2. The van der Waals surface area contributed by atoms with Crippen LogP contribution in [0.1, 0.15) is 19.8 Å². The van der Waals surface area contributed by atoms with E-state index in [9.17, 15) is 4.79 Å². The first-order chi connectivity index (χ1) is 12.1. The number of hydrogen-bond acceptors (Lipinski definition) is 3. The Bertz CT molecular complexity index is 770. The molecule has 0 spiro atoms. The van der Waals surface area contributed by atoms with Crippen molar-refractivity contribution < 1.29 is 9.53 Å². The number of benzene rings is 1. The number of ether oxygens (including phenoxy) is 1. The van der Waals surface area contributed by atoms with Crippen LogP contribution in [0.5, 0.6) is 5.75 Å². The third kappa shape index (κ3) is 3.16. The van der Waals surface area contributed by atoms with Crippen LogP contribution in [-0.2, 0) is 0 Å². The average molecular weight is 339 g/mol. The second-order valence-corrected chi connectivity index (χ2v) is 7.22. The zero-order chi connectivity index (χ0) is 17.4. The van der Waals surface area contributed by atoms with Crippen molar-refractivity contribution in [2.75, 3.05) is 20.2 Å². The minimum Gasteiger partial charge on any atom is -0.497 e. The summed E-state index contributed by atoms with van der Waals surface area (Å²) in [5.41, 5.74) is 2.05. The zero-order valence-electron chi connectivity index (χ0n) is 14.8. The number of hydrogen-bond donors (Lipinski definition) is 1. The highest BCUT2D eigenvalue weighted by atomic mass is 16.5. The molecule has 4 atom stereocenters. The molecule has 5 nitrogen and oxygen atoms in total. The summed E-state index contributed by atoms with van der Waals surface area (Å²) in [6.45, 7) is 4.43. The van der Waals surface area contributed by atoms with Gasteiger partial charge >= 0.3 is 6.03 Å². The number of fused-ring (bicyclic) bond motifs is 3. The zero-order valence-corrected chi connectivity index (χ0v) is 14.8. The van der Waals surface area contributed by atoms with Crippen molar-refractivity contribution in [2.45, 2.75) is 31.8 Å². The van der Waals surface area contributed by atoms with E-state index in [1.165, 1.54) is 19.4 Å². The second kappa shape index (κ2) is 6.56. The number of methoxy groups -OCH3 is 1. The second-order valence-electron chi connectivity index (χ2n) is 7.22. The Kier molecular flexibility index (Phi) is 4.25. The monoisotopic (exact) mass is 339 g/mol. The molecule has 4 heterocycles. The SMILES string of the molecule is COc1cccc(-c2ccn(C(=O)N[C@H]3CN4CCC3CC4C)c2)c1. The van der Waals surface area contributed by atoms with Crippen molar-refractivity contribution in [1.29, 1.82) is 0 Å². The topological polar surface area (TPSA) is 46.5 Å². The van der Waals surface area contributed by atoms with Gasteiger partial charge in [0.25, 0.3) is 0 Å². The number of carbonyl (C=O) groups is 1. The van der Waals surface area contributed by atoms with Crippen LogP contribution in [0.25, 0.3) is 11.1 Å². The molecule has 1 amide bonds. The Balaban J connectivity index is 1.46. The van der Waals surface area contributed by atoms with Gasteiger partial charge in [-0.05, 0) is 56.0 Å². The Hall–Kier alpha value is -2.27. The van der Waals surface area contributed by atoms with Crippen molar-refractivity contribution >= 4 is 6.03 Å². The van der Waals surface area contributed by atoms with E-state index in [0.717, 1.165) is 23.4 Å². The highest BCUT2D eigenvalue weighted by molar-refractivity contribution is 5.79. The summed E-state index contributed by atoms with van der Waals surface area (Å²) in [7, 11) is 1.66. The van der Waals surface area contributed by atoms with Crippen molar-refractivity contribution in [3.05, 3.63) is 42.7 Å². The van der Waals surface area contributed by atoms with Gasteiger partial charge in [-0.15, -0.1) is 0 Å². The van der Waals surface area contributed by atoms with Crippen LogP contribution in [0.4, 0.5) is 4.79 Å². The fourth-order valence-corrected chi connectivity index (χ4v) is 4.19.